The van der Waals surface area contributed by atoms with Crippen molar-refractivity contribution in [1.82, 2.24) is 0 Å². The molecule has 5 nitrogen and oxygen atoms in total. The van der Waals surface area contributed by atoms with Gasteiger partial charge in [0.15, 0.2) is 0 Å². The molecule has 0 amide bonds. The molecule has 12 heavy (non-hydrogen) atoms. The molecular weight excluding hydrogens is 200 g/mol. The number of aliphatic carboxylic acids is 1. The molecule has 0 heterocycles. The molecule has 0 aromatic heterocycles. The van der Waals surface area contributed by atoms with Crippen molar-refractivity contribution in [1.29, 1.82) is 0 Å². The normalized spacial score (nSPS) is 9.75. The van der Waals surface area contributed by atoms with Crippen molar-refractivity contribution >= 4 is 5.97 Å². The number of carboxylic acid groups (broad SMARTS) is 1. The molecule has 1 radical (unpaired) electrons. The molecule has 0 saturated heterocycles. The third-order valence-electron chi connectivity index (χ3n) is 0.672. The zero-order valence-corrected chi connectivity index (χ0v) is 8.17. The first-order chi connectivity index (χ1) is 5.45. The summed E-state index contributed by atoms with van der Waals surface area (Å²) in [6.07, 6.45) is 0. The van der Waals surface area contributed by atoms with Crippen LogP contribution in [-0.4, -0.2) is 22.8 Å². The van der Waals surface area contributed by atoms with Crippen LogP contribution >= 0.6 is 0 Å². The van der Waals surface area contributed by atoms with Gasteiger partial charge in [0.2, 0.25) is 0 Å². The van der Waals surface area contributed by atoms with Crippen LogP contribution in [0.2, 0.25) is 0 Å². The summed E-state index contributed by atoms with van der Waals surface area (Å²) in [4.78, 5) is 9.92. The van der Waals surface area contributed by atoms with Crippen LogP contribution < -0.4 is 0 Å². The van der Waals surface area contributed by atoms with Crippen molar-refractivity contribution in [3.63, 3.8) is 0 Å². The third kappa shape index (κ3) is 12.2. The Morgan fingerprint density at radius 1 is 1.58 bits per heavy atom. The Hall–Kier alpha value is -0.516. The van der Waals surface area contributed by atoms with Crippen molar-refractivity contribution in [3.8, 4) is 0 Å². The fraction of sp³-hybridized carbons (Fsp3) is 0.333. The first-order valence-corrected chi connectivity index (χ1v) is 5.16. The van der Waals surface area contributed by atoms with E-state index in [4.69, 9.17) is 10.2 Å². The van der Waals surface area contributed by atoms with Crippen LogP contribution in [0.1, 0.15) is 6.92 Å². The van der Waals surface area contributed by atoms with E-state index in [0.29, 0.717) is 0 Å². The van der Waals surface area contributed by atoms with E-state index in [1.807, 2.05) is 0 Å². The second kappa shape index (κ2) is 8.58. The van der Waals surface area contributed by atoms with Crippen LogP contribution in [0.25, 0.3) is 0 Å². The van der Waals surface area contributed by atoms with Gasteiger partial charge >= 0.3 is 57.2 Å². The molecule has 0 bridgehead atoms. The van der Waals surface area contributed by atoms with Gasteiger partial charge in [-0.2, -0.15) is 0 Å². The molecule has 0 saturated carbocycles. The van der Waals surface area contributed by atoms with Crippen molar-refractivity contribution in [2.45, 2.75) is 6.92 Å². The Morgan fingerprint density at radius 3 is 2.00 bits per heavy atom. The first kappa shape index (κ1) is 14.0. The van der Waals surface area contributed by atoms with Crippen molar-refractivity contribution in [2.24, 2.45) is 0 Å². The maximum atomic E-state index is 9.92. The van der Waals surface area contributed by atoms with Crippen molar-refractivity contribution < 1.29 is 39.5 Å². The molecule has 0 fully saturated rings. The van der Waals surface area contributed by atoms with Crippen LogP contribution in [-0.2, 0) is 29.3 Å². The molecule has 0 aliphatic heterocycles. The average molecular weight is 210 g/mol. The number of carboxylic acids is 1. The summed E-state index contributed by atoms with van der Waals surface area (Å²) in [5, 5.41) is 15.6. The predicted octanol–water partition coefficient (Wildman–Crippen LogP) is 0.0968. The summed E-state index contributed by atoms with van der Waals surface area (Å²) < 4.78 is 20.6. The van der Waals surface area contributed by atoms with Gasteiger partial charge in [0.1, 0.15) is 0 Å². The van der Waals surface area contributed by atoms with Gasteiger partial charge in [0, 0.05) is 6.61 Å². The van der Waals surface area contributed by atoms with Crippen LogP contribution in [0.4, 0.5) is 0 Å². The van der Waals surface area contributed by atoms with Crippen LogP contribution in [0.15, 0.2) is 9.95 Å². The van der Waals surface area contributed by atoms with Gasteiger partial charge < -0.3 is 5.11 Å². The van der Waals surface area contributed by atoms with E-state index in [2.05, 4.69) is 6.92 Å². The molecule has 0 unspecified atom stereocenters. The van der Waals surface area contributed by atoms with E-state index < -0.39 is 23.8 Å². The summed E-state index contributed by atoms with van der Waals surface area (Å²) in [5.41, 5.74) is -0.130. The SMILES string of the molecule is CC(=[CH][Ti](=[O])=[O])C(=O)O.[CH2]CO. The van der Waals surface area contributed by atoms with Crippen LogP contribution in [0.3, 0.4) is 0 Å². The molecule has 0 aliphatic carbocycles. The van der Waals surface area contributed by atoms with E-state index in [1.165, 1.54) is 6.92 Å². The summed E-state index contributed by atoms with van der Waals surface area (Å²) in [6, 6.07) is 0. The number of rotatable bonds is 2. The minimum atomic E-state index is -3.56. The van der Waals surface area contributed by atoms with Gasteiger partial charge in [-0.05, 0) is 6.92 Å². The minimum absolute atomic E-state index is 0. The Kier molecular flexibility index (Phi) is 10.0. The number of aliphatic hydroxyl groups is 1. The molecule has 0 aromatic rings. The van der Waals surface area contributed by atoms with Crippen molar-refractivity contribution in [2.75, 3.05) is 6.61 Å². The van der Waals surface area contributed by atoms with Gasteiger partial charge in [0.05, 0.1) is 0 Å². The molecular formula is C6H10O5Ti. The maximum Gasteiger partial charge on any atom is 0.0431 e. The van der Waals surface area contributed by atoms with E-state index >= 15 is 0 Å². The number of aliphatic hydroxyl groups excluding tert-OH is 1. The van der Waals surface area contributed by atoms with Crippen LogP contribution in [0, 0.1) is 6.92 Å². The predicted molar refractivity (Wildman–Crippen MR) is 35.2 cm³/mol. The first-order valence-electron chi connectivity index (χ1n) is 2.98. The van der Waals surface area contributed by atoms with Gasteiger partial charge in [-0.15, -0.1) is 0 Å². The topological polar surface area (TPSA) is 91.7 Å². The largest absolute Gasteiger partial charge is 0.396 e. The zero-order chi connectivity index (χ0) is 10.1. The van der Waals surface area contributed by atoms with Gasteiger partial charge in [-0.1, -0.05) is 0 Å². The maximum absolute atomic E-state index is 9.92. The summed E-state index contributed by atoms with van der Waals surface area (Å²) in [7, 11) is 0. The van der Waals surface area contributed by atoms with E-state index in [1.54, 1.807) is 0 Å². The molecule has 0 spiro atoms. The van der Waals surface area contributed by atoms with Gasteiger partial charge in [-0.25, -0.2) is 0 Å². The smallest absolute Gasteiger partial charge is 0.0431 e. The molecule has 2 N–H and O–H groups in total. The molecule has 0 rings (SSSR count). The average Bonchev–Trinajstić information content (AvgIpc) is 1.87. The van der Waals surface area contributed by atoms with E-state index in [0.717, 1.165) is 4.38 Å². The number of hydrogen-bond donors (Lipinski definition) is 2. The Balaban J connectivity index is 0. The number of hydrogen-bond acceptors (Lipinski definition) is 4. The monoisotopic (exact) mass is 210 g/mol. The second-order valence-corrected chi connectivity index (χ2v) is 3.12. The molecule has 0 aromatic carbocycles. The summed E-state index contributed by atoms with van der Waals surface area (Å²) >= 11 is -3.56. The van der Waals surface area contributed by atoms with E-state index in [9.17, 15) is 11.4 Å². The fourth-order valence-electron chi connectivity index (χ4n) is 0.239. The minimum Gasteiger partial charge on any atom is -0.396 e. The summed E-state index contributed by atoms with van der Waals surface area (Å²) in [6.45, 7) is 4.28. The third-order valence-corrected chi connectivity index (χ3v) is 1.72. The molecule has 68 valence electrons. The zero-order valence-electron chi connectivity index (χ0n) is 6.61. The van der Waals surface area contributed by atoms with Gasteiger partial charge in [-0.3, -0.25) is 0 Å². The van der Waals surface area contributed by atoms with E-state index in [-0.39, 0.29) is 12.2 Å². The van der Waals surface area contributed by atoms with Crippen LogP contribution in [0.5, 0.6) is 0 Å². The fourth-order valence-corrected chi connectivity index (χ4v) is 0.983. The second-order valence-electron chi connectivity index (χ2n) is 1.68. The summed E-state index contributed by atoms with van der Waals surface area (Å²) in [5.74, 6) is -1.19. The standard InChI is InChI=1S/C4H5O2.C2H5O.2O.Ti/c1-3(2)4(5)6;1-2-3;;;/h1H,2H3,(H,5,6);3H,1-2H2;;;. The van der Waals surface area contributed by atoms with Crippen molar-refractivity contribution in [3.05, 3.63) is 16.9 Å². The Morgan fingerprint density at radius 2 is 1.92 bits per heavy atom. The molecule has 0 atom stereocenters. The quantitative estimate of drug-likeness (QED) is 0.498. The molecule has 6 heteroatoms. The Bertz CT molecular complexity index is 220. The van der Waals surface area contributed by atoms with Gasteiger partial charge in [0.25, 0.3) is 0 Å². The number of carbonyl (C=O) groups is 1. The Labute approximate surface area is 76.2 Å². The molecule has 0 aliphatic rings.